The Hall–Kier alpha value is -1.89. The van der Waals surface area contributed by atoms with Crippen LogP contribution in [0, 0.1) is 0 Å². The predicted molar refractivity (Wildman–Crippen MR) is 97.7 cm³/mol. The van der Waals surface area contributed by atoms with Gasteiger partial charge in [-0.25, -0.2) is 9.78 Å². The van der Waals surface area contributed by atoms with Gasteiger partial charge in [0.05, 0.1) is 11.7 Å². The second-order valence-corrected chi connectivity index (χ2v) is 8.31. The van der Waals surface area contributed by atoms with Gasteiger partial charge < -0.3 is 10.3 Å². The summed E-state index contributed by atoms with van der Waals surface area (Å²) in [5.41, 5.74) is 1.82. The molecule has 4 rings (SSSR count). The van der Waals surface area contributed by atoms with Gasteiger partial charge in [0, 0.05) is 18.8 Å². The third kappa shape index (κ3) is 3.13. The van der Waals surface area contributed by atoms with Crippen LogP contribution >= 0.6 is 0 Å². The third-order valence-electron chi connectivity index (χ3n) is 5.92. The zero-order valence-electron chi connectivity index (χ0n) is 15.8. The lowest BCUT2D eigenvalue weighted by molar-refractivity contribution is -0.130. The Morgan fingerprint density at radius 2 is 1.96 bits per heavy atom. The molecule has 1 aliphatic carbocycles. The largest absolute Gasteiger partial charge is 0.344 e. The van der Waals surface area contributed by atoms with Gasteiger partial charge in [0.25, 0.3) is 5.91 Å². The monoisotopic (exact) mass is 359 g/mol. The van der Waals surface area contributed by atoms with Crippen LogP contribution in [0.25, 0.3) is 0 Å². The van der Waals surface area contributed by atoms with Crippen molar-refractivity contribution in [2.24, 2.45) is 0 Å². The molecule has 3 heterocycles. The number of hydrogen-bond acceptors (Lipinski definition) is 4. The zero-order chi connectivity index (χ0) is 18.3. The van der Waals surface area contributed by atoms with Crippen LogP contribution in [0.4, 0.5) is 4.79 Å². The summed E-state index contributed by atoms with van der Waals surface area (Å²) in [4.78, 5) is 36.5. The number of H-pyrrole nitrogens is 1. The second-order valence-electron chi connectivity index (χ2n) is 8.31. The SMILES string of the molecule is CC1(C)NC(=O)N(CCCN2CCC[C@@H]2c2nc3c([nH]2)CCCC3)C1=O. The minimum Gasteiger partial charge on any atom is -0.344 e. The molecule has 0 unspecified atom stereocenters. The molecule has 2 saturated heterocycles. The normalized spacial score (nSPS) is 25.6. The summed E-state index contributed by atoms with van der Waals surface area (Å²) in [5, 5.41) is 2.74. The van der Waals surface area contributed by atoms with Crippen molar-refractivity contribution < 1.29 is 9.59 Å². The Morgan fingerprint density at radius 1 is 1.15 bits per heavy atom. The topological polar surface area (TPSA) is 81.3 Å². The number of imide groups is 1. The average Bonchev–Trinajstić information content (AvgIpc) is 3.27. The highest BCUT2D eigenvalue weighted by Crippen LogP contribution is 2.32. The van der Waals surface area contributed by atoms with Crippen LogP contribution in [0.3, 0.4) is 0 Å². The van der Waals surface area contributed by atoms with E-state index in [4.69, 9.17) is 4.98 Å². The molecule has 142 valence electrons. The second kappa shape index (κ2) is 6.68. The number of imidazole rings is 1. The number of hydrogen-bond donors (Lipinski definition) is 2. The number of amides is 3. The van der Waals surface area contributed by atoms with Gasteiger partial charge in [0.1, 0.15) is 11.4 Å². The van der Waals surface area contributed by atoms with Crippen LogP contribution < -0.4 is 5.32 Å². The van der Waals surface area contributed by atoms with Crippen LogP contribution in [-0.2, 0) is 17.6 Å². The summed E-state index contributed by atoms with van der Waals surface area (Å²) in [7, 11) is 0. The summed E-state index contributed by atoms with van der Waals surface area (Å²) in [6.07, 6.45) is 7.82. The number of urea groups is 1. The lowest BCUT2D eigenvalue weighted by Gasteiger charge is -2.24. The molecule has 0 radical (unpaired) electrons. The number of aryl methyl sites for hydroxylation is 2. The number of carbonyl (C=O) groups is 2. The Kier molecular flexibility index (Phi) is 4.50. The lowest BCUT2D eigenvalue weighted by Crippen LogP contribution is -2.40. The fourth-order valence-electron chi connectivity index (χ4n) is 4.49. The van der Waals surface area contributed by atoms with Crippen molar-refractivity contribution in [3.8, 4) is 0 Å². The third-order valence-corrected chi connectivity index (χ3v) is 5.92. The van der Waals surface area contributed by atoms with Crippen molar-refractivity contribution in [2.45, 2.75) is 70.4 Å². The zero-order valence-corrected chi connectivity index (χ0v) is 15.8. The van der Waals surface area contributed by atoms with E-state index in [0.717, 1.165) is 44.6 Å². The summed E-state index contributed by atoms with van der Waals surface area (Å²) in [5.74, 6) is 0.990. The number of nitrogens with zero attached hydrogens (tertiary/aromatic N) is 3. The molecule has 3 aliphatic rings. The number of likely N-dealkylation sites (tertiary alicyclic amines) is 1. The summed E-state index contributed by atoms with van der Waals surface area (Å²) in [6.45, 7) is 5.92. The molecule has 0 bridgehead atoms. The molecule has 26 heavy (non-hydrogen) atoms. The highest BCUT2D eigenvalue weighted by atomic mass is 16.2. The van der Waals surface area contributed by atoms with Crippen molar-refractivity contribution >= 4 is 11.9 Å². The molecule has 0 spiro atoms. The predicted octanol–water partition coefficient (Wildman–Crippen LogP) is 2.15. The van der Waals surface area contributed by atoms with Crippen LogP contribution in [0.1, 0.15) is 69.2 Å². The first-order valence-corrected chi connectivity index (χ1v) is 9.91. The fourth-order valence-corrected chi connectivity index (χ4v) is 4.49. The number of fused-ring (bicyclic) bond motifs is 1. The standard InChI is InChI=1S/C19H29N5O2/c1-19(2)17(25)24(18(26)22-19)12-6-11-23-10-5-9-15(23)16-20-13-7-3-4-8-14(13)21-16/h15H,3-12H2,1-2H3,(H,20,21)(H,22,26)/t15-/m1/s1. The van der Waals surface area contributed by atoms with Gasteiger partial charge in [-0.15, -0.1) is 0 Å². The maximum atomic E-state index is 12.3. The van der Waals surface area contributed by atoms with Gasteiger partial charge in [-0.3, -0.25) is 14.6 Å². The van der Waals surface area contributed by atoms with Crippen molar-refractivity contribution in [1.29, 1.82) is 0 Å². The van der Waals surface area contributed by atoms with E-state index in [1.54, 1.807) is 13.8 Å². The van der Waals surface area contributed by atoms with Crippen LogP contribution in [0.5, 0.6) is 0 Å². The smallest absolute Gasteiger partial charge is 0.325 e. The molecule has 0 aromatic carbocycles. The molecule has 2 N–H and O–H groups in total. The molecular weight excluding hydrogens is 330 g/mol. The summed E-state index contributed by atoms with van der Waals surface area (Å²) < 4.78 is 0. The molecular formula is C19H29N5O2. The van der Waals surface area contributed by atoms with E-state index in [2.05, 4.69) is 15.2 Å². The number of aromatic amines is 1. The van der Waals surface area contributed by atoms with Crippen LogP contribution in [-0.4, -0.2) is 56.9 Å². The van der Waals surface area contributed by atoms with Gasteiger partial charge in [-0.2, -0.15) is 0 Å². The Balaban J connectivity index is 1.35. The fraction of sp³-hybridized carbons (Fsp3) is 0.737. The molecule has 3 amide bonds. The first-order chi connectivity index (χ1) is 12.5. The van der Waals surface area contributed by atoms with E-state index >= 15 is 0 Å². The number of carbonyl (C=O) groups excluding carboxylic acids is 2. The highest BCUT2D eigenvalue weighted by Gasteiger charge is 2.43. The molecule has 2 aliphatic heterocycles. The van der Waals surface area contributed by atoms with E-state index < -0.39 is 5.54 Å². The van der Waals surface area contributed by atoms with Gasteiger partial charge in [0.2, 0.25) is 0 Å². The lowest BCUT2D eigenvalue weighted by atomic mass is 10.0. The van der Waals surface area contributed by atoms with Gasteiger partial charge in [-0.1, -0.05) is 0 Å². The quantitative estimate of drug-likeness (QED) is 0.789. The van der Waals surface area contributed by atoms with E-state index in [-0.39, 0.29) is 11.9 Å². The Labute approximate surface area is 154 Å². The number of rotatable bonds is 5. The van der Waals surface area contributed by atoms with E-state index in [9.17, 15) is 9.59 Å². The Morgan fingerprint density at radius 3 is 2.69 bits per heavy atom. The van der Waals surface area contributed by atoms with Crippen LogP contribution in [0.15, 0.2) is 0 Å². The van der Waals surface area contributed by atoms with Gasteiger partial charge >= 0.3 is 6.03 Å². The number of aromatic nitrogens is 2. The maximum Gasteiger partial charge on any atom is 0.325 e. The van der Waals surface area contributed by atoms with Gasteiger partial charge in [0.15, 0.2) is 0 Å². The van der Waals surface area contributed by atoms with E-state index in [0.29, 0.717) is 12.6 Å². The van der Waals surface area contributed by atoms with E-state index in [1.807, 2.05) is 0 Å². The molecule has 1 aromatic rings. The Bertz CT molecular complexity index is 687. The number of nitrogens with one attached hydrogen (secondary N) is 2. The van der Waals surface area contributed by atoms with Gasteiger partial charge in [-0.05, 0) is 65.3 Å². The van der Waals surface area contributed by atoms with Crippen LogP contribution in [0.2, 0.25) is 0 Å². The van der Waals surface area contributed by atoms with Crippen molar-refractivity contribution in [3.63, 3.8) is 0 Å². The minimum atomic E-state index is -0.777. The van der Waals surface area contributed by atoms with Crippen molar-refractivity contribution in [1.82, 2.24) is 25.1 Å². The first-order valence-electron chi connectivity index (χ1n) is 9.91. The molecule has 1 atom stereocenters. The maximum absolute atomic E-state index is 12.3. The van der Waals surface area contributed by atoms with E-state index in [1.165, 1.54) is 35.6 Å². The molecule has 1 aromatic heterocycles. The van der Waals surface area contributed by atoms with Crippen molar-refractivity contribution in [2.75, 3.05) is 19.6 Å². The summed E-state index contributed by atoms with van der Waals surface area (Å²) >= 11 is 0. The summed E-state index contributed by atoms with van der Waals surface area (Å²) in [6, 6.07) is 0.0804. The van der Waals surface area contributed by atoms with Crippen molar-refractivity contribution in [3.05, 3.63) is 17.2 Å². The highest BCUT2D eigenvalue weighted by molar-refractivity contribution is 6.06. The minimum absolute atomic E-state index is 0.126. The molecule has 0 saturated carbocycles. The first kappa shape index (κ1) is 17.5. The average molecular weight is 359 g/mol. The molecule has 2 fully saturated rings. The molecule has 7 nitrogen and oxygen atoms in total. The molecule has 7 heteroatoms.